The highest BCUT2D eigenvalue weighted by atomic mass is 32.2. The Hall–Kier alpha value is -2.00. The van der Waals surface area contributed by atoms with Crippen LogP contribution in [0.4, 0.5) is 4.39 Å². The second-order valence-electron chi connectivity index (χ2n) is 6.89. The fourth-order valence-electron chi connectivity index (χ4n) is 3.41. The smallest absolute Gasteiger partial charge is 0.276 e. The van der Waals surface area contributed by atoms with Gasteiger partial charge in [-0.25, -0.2) is 22.3 Å². The van der Waals surface area contributed by atoms with Crippen molar-refractivity contribution in [1.82, 2.24) is 18.7 Å². The van der Waals surface area contributed by atoms with Crippen molar-refractivity contribution >= 4 is 10.0 Å². The molecule has 2 heterocycles. The lowest BCUT2D eigenvalue weighted by Crippen LogP contribution is -2.40. The quantitative estimate of drug-likeness (QED) is 0.809. The Morgan fingerprint density at radius 3 is 2.69 bits per heavy atom. The van der Waals surface area contributed by atoms with Crippen LogP contribution in [-0.4, -0.2) is 40.2 Å². The maximum Gasteiger partial charge on any atom is 0.345 e. The van der Waals surface area contributed by atoms with Gasteiger partial charge in [0.15, 0.2) is 0 Å². The summed E-state index contributed by atoms with van der Waals surface area (Å²) >= 11 is 0. The number of sulfonamides is 1. The van der Waals surface area contributed by atoms with Crippen molar-refractivity contribution in [3.8, 4) is 0 Å². The number of rotatable bonds is 4. The van der Waals surface area contributed by atoms with Gasteiger partial charge in [-0.15, -0.1) is 0 Å². The van der Waals surface area contributed by atoms with Crippen molar-refractivity contribution < 1.29 is 12.8 Å². The van der Waals surface area contributed by atoms with E-state index >= 15 is 0 Å². The van der Waals surface area contributed by atoms with E-state index in [4.69, 9.17) is 0 Å². The average Bonchev–Trinajstić information content (AvgIpc) is 2.90. The summed E-state index contributed by atoms with van der Waals surface area (Å²) in [5.74, 6) is -0.159. The largest absolute Gasteiger partial charge is 0.345 e. The molecule has 0 N–H and O–H groups in total. The SMILES string of the molecule is CC(C)n1c(C2CCCN(S(=O)(=O)c3cccc(F)c3)C2)nn(C)c1=O. The van der Waals surface area contributed by atoms with Gasteiger partial charge in [-0.05, 0) is 44.9 Å². The molecule has 3 rings (SSSR count). The van der Waals surface area contributed by atoms with E-state index < -0.39 is 15.8 Å². The van der Waals surface area contributed by atoms with Gasteiger partial charge >= 0.3 is 5.69 Å². The first-order valence-corrected chi connectivity index (χ1v) is 10.1. The summed E-state index contributed by atoms with van der Waals surface area (Å²) in [5, 5.41) is 4.34. The molecule has 0 aliphatic carbocycles. The van der Waals surface area contributed by atoms with E-state index in [9.17, 15) is 17.6 Å². The van der Waals surface area contributed by atoms with Gasteiger partial charge in [-0.3, -0.25) is 4.57 Å². The zero-order valence-electron chi connectivity index (χ0n) is 15.1. The highest BCUT2D eigenvalue weighted by Crippen LogP contribution is 2.30. The van der Waals surface area contributed by atoms with Gasteiger partial charge in [0.1, 0.15) is 11.6 Å². The normalized spacial score (nSPS) is 19.2. The minimum absolute atomic E-state index is 0.0552. The lowest BCUT2D eigenvalue weighted by molar-refractivity contribution is 0.301. The molecule has 26 heavy (non-hydrogen) atoms. The third kappa shape index (κ3) is 3.33. The predicted octanol–water partition coefficient (Wildman–Crippen LogP) is 1.87. The van der Waals surface area contributed by atoms with Gasteiger partial charge in [0.05, 0.1) is 4.90 Å². The Balaban J connectivity index is 1.93. The van der Waals surface area contributed by atoms with Crippen LogP contribution in [0.3, 0.4) is 0 Å². The van der Waals surface area contributed by atoms with Crippen molar-refractivity contribution in [3.05, 3.63) is 46.4 Å². The molecule has 1 unspecified atom stereocenters. The van der Waals surface area contributed by atoms with Gasteiger partial charge in [-0.1, -0.05) is 6.07 Å². The number of hydrogen-bond donors (Lipinski definition) is 0. The summed E-state index contributed by atoms with van der Waals surface area (Å²) in [6.07, 6.45) is 1.40. The number of nitrogens with zero attached hydrogens (tertiary/aromatic N) is 4. The van der Waals surface area contributed by atoms with Crippen LogP contribution in [0.1, 0.15) is 44.5 Å². The van der Waals surface area contributed by atoms with E-state index in [0.29, 0.717) is 18.8 Å². The van der Waals surface area contributed by atoms with Gasteiger partial charge in [-0.2, -0.15) is 9.40 Å². The minimum atomic E-state index is -3.79. The van der Waals surface area contributed by atoms with Crippen molar-refractivity contribution in [3.63, 3.8) is 0 Å². The molecule has 7 nitrogen and oxygen atoms in total. The second-order valence-corrected chi connectivity index (χ2v) is 8.83. The molecule has 1 aromatic heterocycles. The van der Waals surface area contributed by atoms with Crippen LogP contribution in [0, 0.1) is 5.82 Å². The molecule has 142 valence electrons. The van der Waals surface area contributed by atoms with Crippen LogP contribution >= 0.6 is 0 Å². The first kappa shape index (κ1) is 18.8. The van der Waals surface area contributed by atoms with Crippen LogP contribution in [0.15, 0.2) is 34.0 Å². The Labute approximate surface area is 152 Å². The third-order valence-corrected chi connectivity index (χ3v) is 6.54. The molecule has 0 spiro atoms. The van der Waals surface area contributed by atoms with Crippen molar-refractivity contribution in [2.45, 2.75) is 43.5 Å². The molecule has 0 saturated carbocycles. The fraction of sp³-hybridized carbons (Fsp3) is 0.529. The summed E-state index contributed by atoms with van der Waals surface area (Å²) in [6.45, 7) is 4.39. The molecule has 2 aromatic rings. The van der Waals surface area contributed by atoms with Gasteiger partial charge in [0.25, 0.3) is 0 Å². The number of piperidine rings is 1. The highest BCUT2D eigenvalue weighted by molar-refractivity contribution is 7.89. The van der Waals surface area contributed by atoms with E-state index in [2.05, 4.69) is 5.10 Å². The molecular weight excluding hydrogens is 359 g/mol. The molecule has 0 bridgehead atoms. The fourth-order valence-corrected chi connectivity index (χ4v) is 4.97. The molecule has 1 aliphatic heterocycles. The number of hydrogen-bond acceptors (Lipinski definition) is 4. The first-order chi connectivity index (χ1) is 12.2. The minimum Gasteiger partial charge on any atom is -0.276 e. The van der Waals surface area contributed by atoms with Gasteiger partial charge < -0.3 is 0 Å². The Morgan fingerprint density at radius 2 is 2.04 bits per heavy atom. The van der Waals surface area contributed by atoms with Crippen LogP contribution in [0.5, 0.6) is 0 Å². The Bertz CT molecular complexity index is 965. The Kier molecular flexibility index (Phi) is 5.03. The maximum absolute atomic E-state index is 13.5. The topological polar surface area (TPSA) is 77.2 Å². The zero-order valence-corrected chi connectivity index (χ0v) is 15.9. The maximum atomic E-state index is 13.5. The number of aromatic nitrogens is 3. The first-order valence-electron chi connectivity index (χ1n) is 8.63. The van der Waals surface area contributed by atoms with Crippen molar-refractivity contribution in [2.75, 3.05) is 13.1 Å². The van der Waals surface area contributed by atoms with E-state index in [1.54, 1.807) is 11.6 Å². The molecule has 1 aromatic carbocycles. The predicted molar refractivity (Wildman–Crippen MR) is 95.0 cm³/mol. The van der Waals surface area contributed by atoms with E-state index in [1.807, 2.05) is 13.8 Å². The summed E-state index contributed by atoms with van der Waals surface area (Å²) in [6, 6.07) is 4.96. The molecule has 0 amide bonds. The van der Waals surface area contributed by atoms with Crippen LogP contribution in [0.25, 0.3) is 0 Å². The molecule has 1 saturated heterocycles. The standard InChI is InChI=1S/C17H23FN4O3S/c1-12(2)22-16(19-20(3)17(22)23)13-6-5-9-21(11-13)26(24,25)15-8-4-7-14(18)10-15/h4,7-8,10,12-13H,5-6,9,11H2,1-3H3. The van der Waals surface area contributed by atoms with Gasteiger partial charge in [0.2, 0.25) is 10.0 Å². The lowest BCUT2D eigenvalue weighted by atomic mass is 9.98. The van der Waals surface area contributed by atoms with E-state index in [-0.39, 0.29) is 29.1 Å². The lowest BCUT2D eigenvalue weighted by Gasteiger charge is -2.31. The summed E-state index contributed by atoms with van der Waals surface area (Å²) in [5.41, 5.74) is -0.208. The molecule has 0 radical (unpaired) electrons. The summed E-state index contributed by atoms with van der Waals surface area (Å²) in [4.78, 5) is 12.2. The number of benzene rings is 1. The van der Waals surface area contributed by atoms with Crippen LogP contribution in [-0.2, 0) is 17.1 Å². The molecule has 1 fully saturated rings. The van der Waals surface area contributed by atoms with Crippen LogP contribution < -0.4 is 5.69 Å². The number of aryl methyl sites for hydroxylation is 1. The molecule has 1 atom stereocenters. The molecule has 9 heteroatoms. The third-order valence-electron chi connectivity index (χ3n) is 4.68. The van der Waals surface area contributed by atoms with Crippen molar-refractivity contribution in [1.29, 1.82) is 0 Å². The average molecular weight is 382 g/mol. The van der Waals surface area contributed by atoms with Crippen molar-refractivity contribution in [2.24, 2.45) is 7.05 Å². The molecule has 1 aliphatic rings. The van der Waals surface area contributed by atoms with E-state index in [0.717, 1.165) is 12.5 Å². The number of halogens is 1. The monoisotopic (exact) mass is 382 g/mol. The summed E-state index contributed by atoms with van der Waals surface area (Å²) < 4.78 is 43.5. The zero-order chi connectivity index (χ0) is 19.1. The Morgan fingerprint density at radius 1 is 1.31 bits per heavy atom. The van der Waals surface area contributed by atoms with Gasteiger partial charge in [0, 0.05) is 32.1 Å². The highest BCUT2D eigenvalue weighted by Gasteiger charge is 2.34. The second kappa shape index (κ2) is 6.96. The summed E-state index contributed by atoms with van der Waals surface area (Å²) in [7, 11) is -2.20. The van der Waals surface area contributed by atoms with Crippen LogP contribution in [0.2, 0.25) is 0 Å². The van der Waals surface area contributed by atoms with E-state index in [1.165, 1.54) is 27.2 Å². The molecular formula is C17H23FN4O3S.